The van der Waals surface area contributed by atoms with E-state index in [0.717, 1.165) is 25.8 Å². The quantitative estimate of drug-likeness (QED) is 0.752. The molecule has 0 bridgehead atoms. The number of likely N-dealkylation sites (tertiary alicyclic amines) is 1. The number of fused-ring (bicyclic) bond motifs is 1. The molecule has 17 heavy (non-hydrogen) atoms. The minimum atomic E-state index is -0.192. The molecule has 2 fully saturated rings. The van der Waals surface area contributed by atoms with Gasteiger partial charge in [0, 0.05) is 19.0 Å². The van der Waals surface area contributed by atoms with E-state index in [1.807, 2.05) is 13.8 Å². The topological polar surface area (TPSA) is 49.4 Å². The van der Waals surface area contributed by atoms with E-state index in [1.165, 1.54) is 0 Å². The Kier molecular flexibility index (Phi) is 5.12. The molecule has 1 N–H and O–H groups in total. The second-order valence-corrected chi connectivity index (χ2v) is 4.56. The minimum absolute atomic E-state index is 0.0337. The third-order valence-electron chi connectivity index (χ3n) is 3.55. The van der Waals surface area contributed by atoms with E-state index in [9.17, 15) is 9.59 Å². The Labute approximate surface area is 104 Å². The highest BCUT2D eigenvalue weighted by Crippen LogP contribution is 2.30. The molecule has 2 aliphatic rings. The maximum absolute atomic E-state index is 11.6. The first-order valence-electron chi connectivity index (χ1n) is 6.64. The molecule has 0 radical (unpaired) electrons. The van der Waals surface area contributed by atoms with Gasteiger partial charge < -0.3 is 10.2 Å². The van der Waals surface area contributed by atoms with Crippen molar-refractivity contribution in [3.63, 3.8) is 0 Å². The van der Waals surface area contributed by atoms with E-state index in [0.29, 0.717) is 6.04 Å². The fourth-order valence-electron chi connectivity index (χ4n) is 2.91. The summed E-state index contributed by atoms with van der Waals surface area (Å²) in [5, 5.41) is 3.40. The van der Waals surface area contributed by atoms with E-state index in [4.69, 9.17) is 0 Å². The molecule has 4 nitrogen and oxygen atoms in total. The molecule has 3 atom stereocenters. The number of rotatable bonds is 1. The van der Waals surface area contributed by atoms with Crippen LogP contribution in [0.25, 0.3) is 0 Å². The summed E-state index contributed by atoms with van der Waals surface area (Å²) in [5.74, 6) is 0.146. The Morgan fingerprint density at radius 2 is 1.88 bits per heavy atom. The summed E-state index contributed by atoms with van der Waals surface area (Å²) in [6, 6.07) is 0.379. The van der Waals surface area contributed by atoms with Gasteiger partial charge in [-0.25, -0.2) is 0 Å². The first-order chi connectivity index (χ1) is 8.11. The number of carbonyl (C=O) groups is 2. The van der Waals surface area contributed by atoms with Crippen LogP contribution in [0.4, 0.5) is 0 Å². The largest absolute Gasteiger partial charge is 0.328 e. The second kappa shape index (κ2) is 6.15. The average Bonchev–Trinajstić information content (AvgIpc) is 2.71. The highest BCUT2D eigenvalue weighted by Gasteiger charge is 2.45. The van der Waals surface area contributed by atoms with Gasteiger partial charge in [0.25, 0.3) is 0 Å². The molecule has 0 aromatic carbocycles. The molecule has 0 saturated carbocycles. The van der Waals surface area contributed by atoms with E-state index in [2.05, 4.69) is 5.32 Å². The summed E-state index contributed by atoms with van der Waals surface area (Å²) < 4.78 is 0. The molecule has 3 unspecified atom stereocenters. The summed E-state index contributed by atoms with van der Waals surface area (Å²) in [5.41, 5.74) is 0. The van der Waals surface area contributed by atoms with Crippen LogP contribution in [0, 0.1) is 0 Å². The van der Waals surface area contributed by atoms with Crippen molar-refractivity contribution in [1.29, 1.82) is 0 Å². The zero-order valence-corrected chi connectivity index (χ0v) is 11.3. The van der Waals surface area contributed by atoms with Crippen molar-refractivity contribution < 1.29 is 9.59 Å². The molecule has 2 saturated heterocycles. The lowest BCUT2D eigenvalue weighted by molar-refractivity contribution is -0.137. The van der Waals surface area contributed by atoms with Gasteiger partial charge in [-0.05, 0) is 32.7 Å². The van der Waals surface area contributed by atoms with Gasteiger partial charge in [0.15, 0.2) is 5.78 Å². The number of amides is 1. The monoisotopic (exact) mass is 240 g/mol. The fourth-order valence-corrected chi connectivity index (χ4v) is 2.91. The molecule has 0 spiro atoms. The van der Waals surface area contributed by atoms with Crippen LogP contribution in [0.15, 0.2) is 0 Å². The number of hydrogen-bond donors (Lipinski definition) is 1. The van der Waals surface area contributed by atoms with Crippen molar-refractivity contribution in [2.45, 2.75) is 65.1 Å². The molecule has 0 aromatic heterocycles. The zero-order valence-electron chi connectivity index (χ0n) is 11.3. The smallest absolute Gasteiger partial charge is 0.220 e. The van der Waals surface area contributed by atoms with Crippen molar-refractivity contribution >= 4 is 11.7 Å². The normalized spacial score (nSPS) is 31.3. The highest BCUT2D eigenvalue weighted by atomic mass is 16.2. The predicted octanol–water partition coefficient (Wildman–Crippen LogP) is 1.34. The van der Waals surface area contributed by atoms with Gasteiger partial charge in [-0.3, -0.25) is 9.59 Å². The summed E-state index contributed by atoms with van der Waals surface area (Å²) in [7, 11) is 0. The number of ketones is 1. The van der Waals surface area contributed by atoms with Gasteiger partial charge >= 0.3 is 0 Å². The number of hydrogen-bond acceptors (Lipinski definition) is 3. The molecule has 0 aromatic rings. The number of nitrogens with one attached hydrogen (secondary N) is 1. The van der Waals surface area contributed by atoms with Gasteiger partial charge in [-0.15, -0.1) is 0 Å². The summed E-state index contributed by atoms with van der Waals surface area (Å²) in [4.78, 5) is 24.8. The molecular weight excluding hydrogens is 216 g/mol. The first kappa shape index (κ1) is 14.2. The van der Waals surface area contributed by atoms with Gasteiger partial charge in [-0.1, -0.05) is 13.8 Å². The Hall–Kier alpha value is -0.900. The van der Waals surface area contributed by atoms with Crippen molar-refractivity contribution in [1.82, 2.24) is 10.2 Å². The van der Waals surface area contributed by atoms with E-state index in [1.54, 1.807) is 18.7 Å². The second-order valence-electron chi connectivity index (χ2n) is 4.56. The standard InChI is InChI=1S/C11H18N2O2.C2H6/c1-7(14)11-6-9-10(4-3-5-12-9)13(11)8(2)15;1-2/h9-12H,3-6H2,1-2H3;1-2H3. The Morgan fingerprint density at radius 1 is 1.24 bits per heavy atom. The molecule has 2 rings (SSSR count). The molecule has 1 amide bonds. The summed E-state index contributed by atoms with van der Waals surface area (Å²) >= 11 is 0. The van der Waals surface area contributed by atoms with Crippen LogP contribution in [0.2, 0.25) is 0 Å². The number of Topliss-reactive ketones (excluding diaryl/α,β-unsaturated/α-hetero) is 1. The van der Waals surface area contributed by atoms with Gasteiger partial charge in [-0.2, -0.15) is 0 Å². The van der Waals surface area contributed by atoms with Crippen LogP contribution >= 0.6 is 0 Å². The molecule has 98 valence electrons. The van der Waals surface area contributed by atoms with Crippen LogP contribution in [0.3, 0.4) is 0 Å². The van der Waals surface area contributed by atoms with Crippen LogP contribution in [-0.4, -0.2) is 41.3 Å². The minimum Gasteiger partial charge on any atom is -0.328 e. The van der Waals surface area contributed by atoms with Crippen molar-refractivity contribution in [3.8, 4) is 0 Å². The summed E-state index contributed by atoms with van der Waals surface area (Å²) in [6.07, 6.45) is 2.91. The fraction of sp³-hybridized carbons (Fsp3) is 0.846. The molecule has 2 aliphatic heterocycles. The average molecular weight is 240 g/mol. The lowest BCUT2D eigenvalue weighted by Crippen LogP contribution is -2.49. The van der Waals surface area contributed by atoms with E-state index < -0.39 is 0 Å². The molecule has 4 heteroatoms. The third-order valence-corrected chi connectivity index (χ3v) is 3.55. The van der Waals surface area contributed by atoms with Gasteiger partial charge in [0.1, 0.15) is 0 Å². The van der Waals surface area contributed by atoms with Crippen LogP contribution in [-0.2, 0) is 9.59 Å². The van der Waals surface area contributed by atoms with Crippen molar-refractivity contribution in [2.75, 3.05) is 6.54 Å². The van der Waals surface area contributed by atoms with E-state index in [-0.39, 0.29) is 23.8 Å². The van der Waals surface area contributed by atoms with Crippen molar-refractivity contribution in [2.24, 2.45) is 0 Å². The molecule has 2 heterocycles. The van der Waals surface area contributed by atoms with Crippen LogP contribution < -0.4 is 5.32 Å². The Bertz CT molecular complexity index is 291. The SMILES string of the molecule is CC.CC(=O)C1CC2NCCCC2N1C(C)=O. The first-order valence-corrected chi connectivity index (χ1v) is 6.64. The third kappa shape index (κ3) is 2.86. The number of nitrogens with zero attached hydrogens (tertiary/aromatic N) is 1. The Morgan fingerprint density at radius 3 is 2.41 bits per heavy atom. The van der Waals surface area contributed by atoms with Gasteiger partial charge in [0.2, 0.25) is 5.91 Å². The van der Waals surface area contributed by atoms with Crippen LogP contribution in [0.1, 0.15) is 47.0 Å². The molecular formula is C13H24N2O2. The number of carbonyl (C=O) groups excluding carboxylic acids is 2. The lowest BCUT2D eigenvalue weighted by atomic mass is 9.99. The predicted molar refractivity (Wildman–Crippen MR) is 67.8 cm³/mol. The Balaban J connectivity index is 0.000000686. The van der Waals surface area contributed by atoms with Gasteiger partial charge in [0.05, 0.1) is 6.04 Å². The summed E-state index contributed by atoms with van der Waals surface area (Å²) in [6.45, 7) is 8.16. The number of piperidine rings is 1. The molecule has 0 aliphatic carbocycles. The van der Waals surface area contributed by atoms with Crippen molar-refractivity contribution in [3.05, 3.63) is 0 Å². The lowest BCUT2D eigenvalue weighted by Gasteiger charge is -2.33. The maximum Gasteiger partial charge on any atom is 0.220 e. The maximum atomic E-state index is 11.6. The zero-order chi connectivity index (χ0) is 13.0. The highest BCUT2D eigenvalue weighted by molar-refractivity contribution is 5.87. The van der Waals surface area contributed by atoms with Crippen LogP contribution in [0.5, 0.6) is 0 Å². The van der Waals surface area contributed by atoms with E-state index >= 15 is 0 Å².